The summed E-state index contributed by atoms with van der Waals surface area (Å²) in [6.07, 6.45) is 0.358. The van der Waals surface area contributed by atoms with Crippen LogP contribution in [0.3, 0.4) is 0 Å². The second kappa shape index (κ2) is 9.15. The van der Waals surface area contributed by atoms with E-state index in [-0.39, 0.29) is 17.4 Å². The Bertz CT molecular complexity index is 811. The zero-order valence-electron chi connectivity index (χ0n) is 17.2. The minimum Gasteiger partial charge on any atom is -0.475 e. The van der Waals surface area contributed by atoms with Crippen molar-refractivity contribution in [3.8, 4) is 0 Å². The fourth-order valence-electron chi connectivity index (χ4n) is 4.52. The Hall–Kier alpha value is -2.14. The van der Waals surface area contributed by atoms with Crippen molar-refractivity contribution >= 4 is 34.8 Å². The molecular weight excluding hydrogens is 435 g/mol. The van der Waals surface area contributed by atoms with Gasteiger partial charge in [0, 0.05) is 30.9 Å². The molecule has 2 amide bonds. The minimum atomic E-state index is -5.08. The lowest BCUT2D eigenvalue weighted by molar-refractivity contribution is -0.192. The molecule has 1 N–H and O–H groups in total. The predicted molar refractivity (Wildman–Crippen MR) is 109 cm³/mol. The maximum atomic E-state index is 12.8. The quantitative estimate of drug-likeness (QED) is 0.733. The number of likely N-dealkylation sites (tertiary alicyclic amines) is 1. The summed E-state index contributed by atoms with van der Waals surface area (Å²) in [5.41, 5.74) is 0.905. The van der Waals surface area contributed by atoms with E-state index < -0.39 is 12.1 Å². The average molecular weight is 462 g/mol. The van der Waals surface area contributed by atoms with E-state index in [4.69, 9.17) is 9.90 Å². The lowest BCUT2D eigenvalue weighted by Gasteiger charge is -2.46. The van der Waals surface area contributed by atoms with Gasteiger partial charge in [-0.25, -0.2) is 4.79 Å². The van der Waals surface area contributed by atoms with Crippen LogP contribution < -0.4 is 4.90 Å². The summed E-state index contributed by atoms with van der Waals surface area (Å²) in [5.74, 6) is -2.02. The van der Waals surface area contributed by atoms with Gasteiger partial charge in [-0.2, -0.15) is 24.5 Å². The van der Waals surface area contributed by atoms with Crippen LogP contribution in [0.25, 0.3) is 0 Å². The second-order valence-corrected chi connectivity index (χ2v) is 9.12. The van der Waals surface area contributed by atoms with Gasteiger partial charge < -0.3 is 14.9 Å². The number of amides is 2. The number of alkyl halides is 3. The molecule has 1 atom stereocenters. The van der Waals surface area contributed by atoms with Crippen molar-refractivity contribution in [3.63, 3.8) is 0 Å². The molecule has 172 valence electrons. The molecule has 2 saturated heterocycles. The van der Waals surface area contributed by atoms with Gasteiger partial charge in [0.1, 0.15) is 0 Å². The number of piperazine rings is 1. The van der Waals surface area contributed by atoms with Crippen LogP contribution in [0.5, 0.6) is 0 Å². The highest BCUT2D eigenvalue weighted by Gasteiger charge is 2.49. The number of hydrogen-bond donors (Lipinski definition) is 1. The summed E-state index contributed by atoms with van der Waals surface area (Å²) in [7, 11) is 2.03. The summed E-state index contributed by atoms with van der Waals surface area (Å²) < 4.78 is 31.7. The monoisotopic (exact) mass is 461 g/mol. The smallest absolute Gasteiger partial charge is 0.475 e. The molecule has 1 saturated carbocycles. The fourth-order valence-corrected chi connectivity index (χ4v) is 5.16. The normalized spacial score (nSPS) is 25.1. The minimum absolute atomic E-state index is 0.0931. The molecule has 3 aliphatic rings. The molecule has 2 aliphatic heterocycles. The number of carbonyl (C=O) groups excluding carboxylic acids is 2. The largest absolute Gasteiger partial charge is 0.490 e. The Morgan fingerprint density at radius 1 is 1.23 bits per heavy atom. The summed E-state index contributed by atoms with van der Waals surface area (Å²) in [4.78, 5) is 40.3. The summed E-state index contributed by atoms with van der Waals surface area (Å²) in [6.45, 7) is 2.70. The maximum Gasteiger partial charge on any atom is 0.490 e. The molecule has 4 rings (SSSR count). The molecule has 3 heterocycles. The molecule has 1 aromatic rings. The molecule has 1 aromatic heterocycles. The number of carboxylic acid groups (broad SMARTS) is 1. The number of hydrogen-bond acceptors (Lipinski definition) is 5. The van der Waals surface area contributed by atoms with Gasteiger partial charge in [-0.15, -0.1) is 0 Å². The molecule has 0 radical (unpaired) electrons. The lowest BCUT2D eigenvalue weighted by Crippen LogP contribution is -2.64. The Labute approximate surface area is 182 Å². The first-order valence-corrected chi connectivity index (χ1v) is 11.1. The second-order valence-electron chi connectivity index (χ2n) is 8.34. The number of carboxylic acids is 1. The van der Waals surface area contributed by atoms with Gasteiger partial charge in [-0.3, -0.25) is 14.5 Å². The lowest BCUT2D eigenvalue weighted by atomic mass is 9.92. The molecule has 0 aromatic carbocycles. The molecule has 31 heavy (non-hydrogen) atoms. The number of halogens is 3. The molecule has 7 nitrogen and oxygen atoms in total. The van der Waals surface area contributed by atoms with Crippen LogP contribution in [0.1, 0.15) is 32.1 Å². The molecule has 0 bridgehead atoms. The molecule has 1 unspecified atom stereocenters. The van der Waals surface area contributed by atoms with Gasteiger partial charge in [0.05, 0.1) is 17.8 Å². The number of thiophene rings is 1. The van der Waals surface area contributed by atoms with Crippen LogP contribution in [-0.4, -0.2) is 77.6 Å². The van der Waals surface area contributed by atoms with Crippen molar-refractivity contribution in [2.24, 2.45) is 5.92 Å². The average Bonchev–Trinajstić information content (AvgIpc) is 3.47. The van der Waals surface area contributed by atoms with Crippen LogP contribution in [0, 0.1) is 5.92 Å². The van der Waals surface area contributed by atoms with Gasteiger partial charge in [-0.1, -0.05) is 12.8 Å². The molecule has 11 heteroatoms. The Balaban J connectivity index is 0.000000339. The highest BCUT2D eigenvalue weighted by atomic mass is 32.1. The molecule has 1 spiro atoms. The van der Waals surface area contributed by atoms with E-state index in [0.717, 1.165) is 38.0 Å². The van der Waals surface area contributed by atoms with Crippen molar-refractivity contribution in [2.75, 3.05) is 38.1 Å². The number of anilines is 1. The maximum absolute atomic E-state index is 12.8. The van der Waals surface area contributed by atoms with E-state index >= 15 is 0 Å². The Morgan fingerprint density at radius 3 is 2.42 bits per heavy atom. The number of aliphatic carboxylic acids is 1. The summed E-state index contributed by atoms with van der Waals surface area (Å²) in [5, 5.41) is 11.2. The first kappa shape index (κ1) is 23.5. The number of rotatable bonds is 2. The van der Waals surface area contributed by atoms with Crippen LogP contribution in [-0.2, 0) is 14.4 Å². The van der Waals surface area contributed by atoms with Crippen molar-refractivity contribution in [1.29, 1.82) is 0 Å². The van der Waals surface area contributed by atoms with E-state index in [0.29, 0.717) is 19.0 Å². The third-order valence-electron chi connectivity index (χ3n) is 6.34. The van der Waals surface area contributed by atoms with Gasteiger partial charge in [0.15, 0.2) is 0 Å². The number of carbonyl (C=O) groups is 3. The van der Waals surface area contributed by atoms with E-state index in [2.05, 4.69) is 9.80 Å². The first-order valence-electron chi connectivity index (χ1n) is 10.2. The molecule has 3 fully saturated rings. The highest BCUT2D eigenvalue weighted by molar-refractivity contribution is 7.08. The van der Waals surface area contributed by atoms with Crippen LogP contribution in [0.15, 0.2) is 16.8 Å². The van der Waals surface area contributed by atoms with Crippen LogP contribution in [0.2, 0.25) is 0 Å². The zero-order valence-corrected chi connectivity index (χ0v) is 18.0. The van der Waals surface area contributed by atoms with Crippen LogP contribution >= 0.6 is 11.3 Å². The fraction of sp³-hybridized carbons (Fsp3) is 0.650. The third-order valence-corrected chi connectivity index (χ3v) is 7.02. The number of nitrogens with zero attached hydrogens (tertiary/aromatic N) is 3. The Kier molecular flexibility index (Phi) is 6.95. The zero-order chi connectivity index (χ0) is 22.8. The van der Waals surface area contributed by atoms with E-state index in [1.165, 1.54) is 12.8 Å². The van der Waals surface area contributed by atoms with Crippen molar-refractivity contribution in [1.82, 2.24) is 9.80 Å². The standard InChI is InChI=1S/C18H25N3O2S.C2HF3O2/c1-19-10-16(22)21(15-6-9-24-11-15)13-18(19)7-8-20(12-18)17(23)14-4-2-3-5-14;3-2(4,5)1(6)7/h6,9,11,14H,2-5,7-8,10,12-13H2,1H3;(H,6,7). The van der Waals surface area contributed by atoms with E-state index in [1.54, 1.807) is 11.3 Å². The molecule has 1 aliphatic carbocycles. The van der Waals surface area contributed by atoms with Gasteiger partial charge in [0.2, 0.25) is 11.8 Å². The van der Waals surface area contributed by atoms with Crippen molar-refractivity contribution in [3.05, 3.63) is 16.8 Å². The SMILES string of the molecule is CN1CC(=O)N(c2ccsc2)CC12CCN(C(=O)C1CCCC1)C2.O=C(O)C(F)(F)F. The third kappa shape index (κ3) is 5.20. The summed E-state index contributed by atoms with van der Waals surface area (Å²) >= 11 is 1.62. The van der Waals surface area contributed by atoms with Gasteiger partial charge in [-0.05, 0) is 37.8 Å². The van der Waals surface area contributed by atoms with Gasteiger partial charge in [0.25, 0.3) is 0 Å². The van der Waals surface area contributed by atoms with Crippen molar-refractivity contribution in [2.45, 2.75) is 43.8 Å². The summed E-state index contributed by atoms with van der Waals surface area (Å²) in [6, 6.07) is 2.01. The van der Waals surface area contributed by atoms with Crippen molar-refractivity contribution < 1.29 is 32.7 Å². The molecular formula is C20H26F3N3O4S. The van der Waals surface area contributed by atoms with Gasteiger partial charge >= 0.3 is 12.1 Å². The van der Waals surface area contributed by atoms with E-state index in [9.17, 15) is 22.8 Å². The van der Waals surface area contributed by atoms with Crippen LogP contribution in [0.4, 0.5) is 18.9 Å². The number of likely N-dealkylation sites (N-methyl/N-ethyl adjacent to an activating group) is 1. The highest BCUT2D eigenvalue weighted by Crippen LogP contribution is 2.36. The van der Waals surface area contributed by atoms with E-state index in [1.807, 2.05) is 28.8 Å². The Morgan fingerprint density at radius 2 is 1.87 bits per heavy atom. The predicted octanol–water partition coefficient (Wildman–Crippen LogP) is 2.82. The topological polar surface area (TPSA) is 81.2 Å². The first-order chi connectivity index (χ1) is 14.5.